The number of rotatable bonds is 5. The summed E-state index contributed by atoms with van der Waals surface area (Å²) in [5.41, 5.74) is 6.66. The van der Waals surface area contributed by atoms with Crippen LogP contribution in [-0.4, -0.2) is 35.4 Å². The van der Waals surface area contributed by atoms with E-state index in [1.807, 2.05) is 18.7 Å². The Morgan fingerprint density at radius 1 is 1.50 bits per heavy atom. The van der Waals surface area contributed by atoms with Crippen molar-refractivity contribution < 1.29 is 15.0 Å². The van der Waals surface area contributed by atoms with Gasteiger partial charge in [0.05, 0.1) is 17.9 Å². The lowest BCUT2D eigenvalue weighted by molar-refractivity contribution is 0.0698. The normalized spacial score (nSPS) is 10.7. The van der Waals surface area contributed by atoms with E-state index < -0.39 is 5.97 Å². The molecule has 18 heavy (non-hydrogen) atoms. The number of hydrogen-bond donors (Lipinski definition) is 3. The summed E-state index contributed by atoms with van der Waals surface area (Å²) in [6, 6.07) is 3.24. The molecule has 0 aliphatic heterocycles. The van der Waals surface area contributed by atoms with Crippen LogP contribution < -0.4 is 10.6 Å². The van der Waals surface area contributed by atoms with E-state index in [1.165, 1.54) is 6.07 Å². The van der Waals surface area contributed by atoms with E-state index in [4.69, 9.17) is 15.9 Å². The van der Waals surface area contributed by atoms with Crippen molar-refractivity contribution in [1.82, 2.24) is 0 Å². The third-order valence-corrected chi connectivity index (χ3v) is 3.26. The molecule has 0 aromatic heterocycles. The number of halogens is 1. The monoisotopic (exact) mass is 316 g/mol. The van der Waals surface area contributed by atoms with Crippen LogP contribution in [0.15, 0.2) is 16.6 Å². The number of carboxylic acids is 1. The standard InChI is InChI=1S/C12H17BrN2O3/c1-7(2)15(3-4-16)11-5-8(12(17)18)10(14)6-9(11)13/h5-7,16H,3-4,14H2,1-2H3,(H,17,18). The number of carbonyl (C=O) groups is 1. The lowest BCUT2D eigenvalue weighted by Gasteiger charge is -2.29. The molecule has 1 aromatic carbocycles. The summed E-state index contributed by atoms with van der Waals surface area (Å²) in [4.78, 5) is 13.0. The fourth-order valence-corrected chi connectivity index (χ4v) is 2.34. The predicted octanol–water partition coefficient (Wildman–Crippen LogP) is 1.94. The molecule has 4 N–H and O–H groups in total. The fourth-order valence-electron chi connectivity index (χ4n) is 1.75. The summed E-state index contributed by atoms with van der Waals surface area (Å²) >= 11 is 3.37. The van der Waals surface area contributed by atoms with Crippen molar-refractivity contribution in [3.8, 4) is 0 Å². The number of carboxylic acid groups (broad SMARTS) is 1. The SMILES string of the molecule is CC(C)N(CCO)c1cc(C(=O)O)c(N)cc1Br. The molecule has 0 unspecified atom stereocenters. The summed E-state index contributed by atoms with van der Waals surface area (Å²) in [5, 5.41) is 18.1. The molecule has 0 fully saturated rings. The van der Waals surface area contributed by atoms with Crippen LogP contribution in [0, 0.1) is 0 Å². The molecular formula is C12H17BrN2O3. The van der Waals surface area contributed by atoms with Crippen LogP contribution in [0.2, 0.25) is 0 Å². The second-order valence-electron chi connectivity index (χ2n) is 4.21. The van der Waals surface area contributed by atoms with Crippen molar-refractivity contribution in [1.29, 1.82) is 0 Å². The first-order chi connectivity index (χ1) is 8.38. The van der Waals surface area contributed by atoms with Crippen LogP contribution in [0.5, 0.6) is 0 Å². The minimum Gasteiger partial charge on any atom is -0.478 e. The minimum absolute atomic E-state index is 0.00258. The van der Waals surface area contributed by atoms with E-state index in [1.54, 1.807) is 6.07 Å². The molecule has 0 atom stereocenters. The Hall–Kier alpha value is -1.27. The van der Waals surface area contributed by atoms with Gasteiger partial charge in [-0.3, -0.25) is 0 Å². The molecule has 0 heterocycles. The Morgan fingerprint density at radius 3 is 2.56 bits per heavy atom. The second-order valence-corrected chi connectivity index (χ2v) is 5.06. The third-order valence-electron chi connectivity index (χ3n) is 2.62. The molecule has 0 saturated heterocycles. The summed E-state index contributed by atoms with van der Waals surface area (Å²) in [5.74, 6) is -1.06. The number of aliphatic hydroxyl groups is 1. The van der Waals surface area contributed by atoms with Crippen molar-refractivity contribution in [2.75, 3.05) is 23.8 Å². The van der Waals surface area contributed by atoms with Crippen LogP contribution in [0.4, 0.5) is 11.4 Å². The smallest absolute Gasteiger partial charge is 0.337 e. The van der Waals surface area contributed by atoms with Gasteiger partial charge in [0.2, 0.25) is 0 Å². The molecule has 0 spiro atoms. The summed E-state index contributed by atoms with van der Waals surface area (Å²) in [6.07, 6.45) is 0. The Bertz CT molecular complexity index is 449. The second kappa shape index (κ2) is 6.06. The molecule has 0 aliphatic carbocycles. The van der Waals surface area contributed by atoms with Gasteiger partial charge in [-0.2, -0.15) is 0 Å². The van der Waals surface area contributed by atoms with Crippen LogP contribution in [0.3, 0.4) is 0 Å². The molecule has 0 bridgehead atoms. The van der Waals surface area contributed by atoms with E-state index >= 15 is 0 Å². The molecule has 1 aromatic rings. The first kappa shape index (κ1) is 14.8. The highest BCUT2D eigenvalue weighted by atomic mass is 79.9. The molecular weight excluding hydrogens is 300 g/mol. The van der Waals surface area contributed by atoms with Gasteiger partial charge in [0.25, 0.3) is 0 Å². The molecule has 6 heteroatoms. The summed E-state index contributed by atoms with van der Waals surface area (Å²) in [7, 11) is 0. The van der Waals surface area contributed by atoms with Gasteiger partial charge in [0.15, 0.2) is 0 Å². The predicted molar refractivity (Wildman–Crippen MR) is 75.1 cm³/mol. The Labute approximate surface area is 114 Å². The Kier molecular flexibility index (Phi) is 4.98. The Morgan fingerprint density at radius 2 is 2.11 bits per heavy atom. The molecule has 100 valence electrons. The topological polar surface area (TPSA) is 86.8 Å². The molecule has 0 aliphatic rings. The lowest BCUT2D eigenvalue weighted by atomic mass is 10.1. The van der Waals surface area contributed by atoms with E-state index in [0.29, 0.717) is 16.7 Å². The zero-order chi connectivity index (χ0) is 13.9. The van der Waals surface area contributed by atoms with Crippen molar-refractivity contribution in [3.05, 3.63) is 22.2 Å². The third kappa shape index (κ3) is 3.14. The van der Waals surface area contributed by atoms with Gasteiger partial charge >= 0.3 is 5.97 Å². The molecule has 1 rings (SSSR count). The zero-order valence-electron chi connectivity index (χ0n) is 10.4. The van der Waals surface area contributed by atoms with Gasteiger partial charge in [0.1, 0.15) is 0 Å². The number of nitrogen functional groups attached to an aromatic ring is 1. The van der Waals surface area contributed by atoms with Gasteiger partial charge in [-0.15, -0.1) is 0 Å². The van der Waals surface area contributed by atoms with Crippen LogP contribution in [-0.2, 0) is 0 Å². The number of aromatic carboxylic acids is 1. The fraction of sp³-hybridized carbons (Fsp3) is 0.417. The van der Waals surface area contributed by atoms with E-state index in [0.717, 1.165) is 0 Å². The van der Waals surface area contributed by atoms with E-state index in [2.05, 4.69) is 15.9 Å². The van der Waals surface area contributed by atoms with Crippen molar-refractivity contribution >= 4 is 33.3 Å². The highest BCUT2D eigenvalue weighted by Gasteiger charge is 2.18. The largest absolute Gasteiger partial charge is 0.478 e. The average molecular weight is 317 g/mol. The quantitative estimate of drug-likeness (QED) is 0.723. The summed E-state index contributed by atoms with van der Waals surface area (Å²) in [6.45, 7) is 4.37. The molecule has 5 nitrogen and oxygen atoms in total. The lowest BCUT2D eigenvalue weighted by Crippen LogP contribution is -2.33. The van der Waals surface area contributed by atoms with E-state index in [9.17, 15) is 4.79 Å². The average Bonchev–Trinajstić information content (AvgIpc) is 2.26. The maximum absolute atomic E-state index is 11.1. The first-order valence-electron chi connectivity index (χ1n) is 5.58. The van der Waals surface area contributed by atoms with Gasteiger partial charge < -0.3 is 20.8 Å². The van der Waals surface area contributed by atoms with Crippen molar-refractivity contribution in [2.45, 2.75) is 19.9 Å². The van der Waals surface area contributed by atoms with Crippen LogP contribution in [0.25, 0.3) is 0 Å². The maximum Gasteiger partial charge on any atom is 0.337 e. The highest BCUT2D eigenvalue weighted by molar-refractivity contribution is 9.10. The zero-order valence-corrected chi connectivity index (χ0v) is 11.9. The highest BCUT2D eigenvalue weighted by Crippen LogP contribution is 2.32. The molecule has 0 amide bonds. The molecule has 0 saturated carbocycles. The number of nitrogens with two attached hydrogens (primary N) is 1. The number of nitrogens with zero attached hydrogens (tertiary/aromatic N) is 1. The number of hydrogen-bond acceptors (Lipinski definition) is 4. The van der Waals surface area contributed by atoms with Crippen LogP contribution >= 0.6 is 15.9 Å². The van der Waals surface area contributed by atoms with Crippen molar-refractivity contribution in [2.24, 2.45) is 0 Å². The van der Waals surface area contributed by atoms with Gasteiger partial charge in [0, 0.05) is 22.7 Å². The van der Waals surface area contributed by atoms with Gasteiger partial charge in [-0.05, 0) is 41.9 Å². The van der Waals surface area contributed by atoms with Gasteiger partial charge in [-0.1, -0.05) is 0 Å². The maximum atomic E-state index is 11.1. The number of benzene rings is 1. The van der Waals surface area contributed by atoms with Crippen molar-refractivity contribution in [3.63, 3.8) is 0 Å². The minimum atomic E-state index is -1.06. The summed E-state index contributed by atoms with van der Waals surface area (Å²) < 4.78 is 0.715. The number of anilines is 2. The first-order valence-corrected chi connectivity index (χ1v) is 6.37. The number of aliphatic hydroxyl groups excluding tert-OH is 1. The molecule has 0 radical (unpaired) electrons. The Balaban J connectivity index is 3.29. The van der Waals surface area contributed by atoms with E-state index in [-0.39, 0.29) is 23.9 Å². The van der Waals surface area contributed by atoms with Crippen LogP contribution in [0.1, 0.15) is 24.2 Å². The van der Waals surface area contributed by atoms with Gasteiger partial charge in [-0.25, -0.2) is 4.79 Å².